The van der Waals surface area contributed by atoms with Crippen molar-refractivity contribution in [3.05, 3.63) is 41.3 Å². The molecule has 1 N–H and O–H groups in total. The number of fused-ring (bicyclic) bond motifs is 1. The summed E-state index contributed by atoms with van der Waals surface area (Å²) in [5.74, 6) is 0.103. The molecule has 5 nitrogen and oxygen atoms in total. The van der Waals surface area contributed by atoms with E-state index in [1.807, 2.05) is 32.0 Å². The Hall–Kier alpha value is -2.56. The Morgan fingerprint density at radius 1 is 1.32 bits per heavy atom. The van der Waals surface area contributed by atoms with Crippen LogP contribution in [-0.2, 0) is 0 Å². The lowest BCUT2D eigenvalue weighted by molar-refractivity contribution is 0.0686. The van der Waals surface area contributed by atoms with Gasteiger partial charge in [-0.1, -0.05) is 17.3 Å². The molecule has 19 heavy (non-hydrogen) atoms. The summed E-state index contributed by atoms with van der Waals surface area (Å²) in [4.78, 5) is 10.8. The van der Waals surface area contributed by atoms with E-state index in [4.69, 9.17) is 14.0 Å². The molecule has 1 aromatic carbocycles. The van der Waals surface area contributed by atoms with Crippen LogP contribution in [-0.4, -0.2) is 16.2 Å². The molecule has 0 saturated heterocycles. The zero-order chi connectivity index (χ0) is 13.6. The molecule has 0 aliphatic carbocycles. The molecule has 0 saturated carbocycles. The van der Waals surface area contributed by atoms with Crippen LogP contribution >= 0.6 is 0 Å². The van der Waals surface area contributed by atoms with E-state index < -0.39 is 5.97 Å². The number of hydrogen-bond acceptors (Lipinski definition) is 4. The third kappa shape index (κ3) is 1.71. The van der Waals surface area contributed by atoms with Crippen molar-refractivity contribution in [1.82, 2.24) is 5.16 Å². The smallest absolute Gasteiger partial charge is 0.358 e. The molecule has 3 rings (SSSR count). The minimum absolute atomic E-state index is 0.119. The van der Waals surface area contributed by atoms with Crippen molar-refractivity contribution in [2.45, 2.75) is 13.8 Å². The molecule has 3 aromatic rings. The lowest BCUT2D eigenvalue weighted by Gasteiger charge is -1.96. The molecule has 2 heterocycles. The maximum Gasteiger partial charge on any atom is 0.358 e. The van der Waals surface area contributed by atoms with Crippen LogP contribution in [0, 0.1) is 13.8 Å². The first-order chi connectivity index (χ1) is 9.08. The molecule has 0 aliphatic rings. The molecule has 0 atom stereocenters. The number of carboxylic acids is 1. The molecule has 0 radical (unpaired) electrons. The molecule has 0 unspecified atom stereocenters. The van der Waals surface area contributed by atoms with Crippen LogP contribution in [0.4, 0.5) is 0 Å². The number of rotatable bonds is 2. The number of carbonyl (C=O) groups is 1. The minimum atomic E-state index is -1.12. The topological polar surface area (TPSA) is 76.5 Å². The summed E-state index contributed by atoms with van der Waals surface area (Å²) in [6.07, 6.45) is 0. The molecule has 5 heteroatoms. The predicted molar refractivity (Wildman–Crippen MR) is 68.1 cm³/mol. The highest BCUT2D eigenvalue weighted by Gasteiger charge is 2.17. The summed E-state index contributed by atoms with van der Waals surface area (Å²) >= 11 is 0. The molecular weight excluding hydrogens is 246 g/mol. The number of carboxylic acid groups (broad SMARTS) is 1. The van der Waals surface area contributed by atoms with Gasteiger partial charge in [-0.2, -0.15) is 0 Å². The normalized spacial score (nSPS) is 11.1. The van der Waals surface area contributed by atoms with E-state index >= 15 is 0 Å². The maximum atomic E-state index is 10.8. The number of aryl methyl sites for hydroxylation is 2. The summed E-state index contributed by atoms with van der Waals surface area (Å²) in [5, 5.41) is 13.4. The average Bonchev–Trinajstić information content (AvgIpc) is 2.96. The molecule has 0 spiro atoms. The van der Waals surface area contributed by atoms with Gasteiger partial charge in [-0.05, 0) is 25.5 Å². The number of para-hydroxylation sites is 1. The largest absolute Gasteiger partial charge is 0.476 e. The van der Waals surface area contributed by atoms with Gasteiger partial charge in [-0.15, -0.1) is 0 Å². The number of aromatic carboxylic acids is 1. The Labute approximate surface area is 108 Å². The highest BCUT2D eigenvalue weighted by molar-refractivity contribution is 5.95. The summed E-state index contributed by atoms with van der Waals surface area (Å²) in [7, 11) is 0. The Bertz CT molecular complexity index is 782. The zero-order valence-corrected chi connectivity index (χ0v) is 10.4. The molecule has 0 amide bonds. The van der Waals surface area contributed by atoms with E-state index in [0.717, 1.165) is 16.7 Å². The highest BCUT2D eigenvalue weighted by Crippen LogP contribution is 2.33. The second-order valence-electron chi connectivity index (χ2n) is 4.35. The second-order valence-corrected chi connectivity index (χ2v) is 4.35. The third-order valence-corrected chi connectivity index (χ3v) is 3.20. The Balaban J connectivity index is 2.24. The summed E-state index contributed by atoms with van der Waals surface area (Å²) < 4.78 is 10.8. The van der Waals surface area contributed by atoms with Gasteiger partial charge in [0.1, 0.15) is 11.3 Å². The molecular formula is C14H11NO4. The summed E-state index contributed by atoms with van der Waals surface area (Å²) in [6, 6.07) is 7.04. The van der Waals surface area contributed by atoms with Gasteiger partial charge in [-0.3, -0.25) is 0 Å². The number of hydrogen-bond donors (Lipinski definition) is 1. The Morgan fingerprint density at radius 3 is 2.79 bits per heavy atom. The third-order valence-electron chi connectivity index (χ3n) is 3.20. The van der Waals surface area contributed by atoms with Crippen LogP contribution in [0.1, 0.15) is 21.8 Å². The fourth-order valence-electron chi connectivity index (χ4n) is 2.06. The van der Waals surface area contributed by atoms with Crippen LogP contribution in [0.5, 0.6) is 0 Å². The van der Waals surface area contributed by atoms with E-state index in [1.165, 1.54) is 6.07 Å². The first-order valence-electron chi connectivity index (χ1n) is 5.77. The van der Waals surface area contributed by atoms with E-state index in [2.05, 4.69) is 5.16 Å². The Morgan fingerprint density at radius 2 is 2.11 bits per heavy atom. The van der Waals surface area contributed by atoms with Crippen LogP contribution in [0.25, 0.3) is 22.3 Å². The van der Waals surface area contributed by atoms with Crippen LogP contribution in [0.2, 0.25) is 0 Å². The SMILES string of the molecule is Cc1oc2c(-c3cc(C(=O)O)no3)cccc2c1C. The summed E-state index contributed by atoms with van der Waals surface area (Å²) in [6.45, 7) is 3.87. The summed E-state index contributed by atoms with van der Waals surface area (Å²) in [5.41, 5.74) is 2.33. The maximum absolute atomic E-state index is 10.8. The fraction of sp³-hybridized carbons (Fsp3) is 0.143. The van der Waals surface area contributed by atoms with Gasteiger partial charge in [-0.25, -0.2) is 4.79 Å². The van der Waals surface area contributed by atoms with Crippen molar-refractivity contribution < 1.29 is 18.8 Å². The number of nitrogens with zero attached hydrogens (tertiary/aromatic N) is 1. The van der Waals surface area contributed by atoms with Gasteiger partial charge in [0.05, 0.1) is 5.56 Å². The van der Waals surface area contributed by atoms with E-state index in [-0.39, 0.29) is 5.69 Å². The Kier molecular flexibility index (Phi) is 2.41. The quantitative estimate of drug-likeness (QED) is 0.761. The predicted octanol–water partition coefficient (Wildman–Crippen LogP) is 3.40. The van der Waals surface area contributed by atoms with Gasteiger partial charge >= 0.3 is 5.97 Å². The number of furan rings is 1. The molecule has 2 aromatic heterocycles. The first kappa shape index (κ1) is 11.5. The van der Waals surface area contributed by atoms with Gasteiger partial charge in [0.2, 0.25) is 0 Å². The standard InChI is InChI=1S/C14H11NO4/c1-7-8(2)18-13-9(7)4-3-5-10(13)12-6-11(14(16)17)15-19-12/h3-6H,1-2H3,(H,16,17). The van der Waals surface area contributed by atoms with Gasteiger partial charge in [0.25, 0.3) is 0 Å². The van der Waals surface area contributed by atoms with Crippen LogP contribution < -0.4 is 0 Å². The van der Waals surface area contributed by atoms with Crippen LogP contribution in [0.3, 0.4) is 0 Å². The monoisotopic (exact) mass is 257 g/mol. The highest BCUT2D eigenvalue weighted by atomic mass is 16.5. The molecule has 96 valence electrons. The van der Waals surface area contributed by atoms with Crippen molar-refractivity contribution in [3.8, 4) is 11.3 Å². The van der Waals surface area contributed by atoms with Crippen molar-refractivity contribution >= 4 is 16.9 Å². The fourth-order valence-corrected chi connectivity index (χ4v) is 2.06. The molecule has 0 fully saturated rings. The van der Waals surface area contributed by atoms with E-state index in [0.29, 0.717) is 16.9 Å². The van der Waals surface area contributed by atoms with Gasteiger partial charge < -0.3 is 14.0 Å². The van der Waals surface area contributed by atoms with Crippen molar-refractivity contribution in [1.29, 1.82) is 0 Å². The van der Waals surface area contributed by atoms with Crippen molar-refractivity contribution in [2.75, 3.05) is 0 Å². The second kappa shape index (κ2) is 3.98. The lowest BCUT2D eigenvalue weighted by atomic mass is 10.1. The van der Waals surface area contributed by atoms with E-state index in [9.17, 15) is 4.79 Å². The van der Waals surface area contributed by atoms with Crippen LogP contribution in [0.15, 0.2) is 33.2 Å². The van der Waals surface area contributed by atoms with Crippen molar-refractivity contribution in [3.63, 3.8) is 0 Å². The minimum Gasteiger partial charge on any atom is -0.476 e. The molecule has 0 aliphatic heterocycles. The molecule has 0 bridgehead atoms. The van der Waals surface area contributed by atoms with Gasteiger partial charge in [0, 0.05) is 11.5 Å². The van der Waals surface area contributed by atoms with Crippen molar-refractivity contribution in [2.24, 2.45) is 0 Å². The van der Waals surface area contributed by atoms with E-state index in [1.54, 1.807) is 0 Å². The first-order valence-corrected chi connectivity index (χ1v) is 5.77. The zero-order valence-electron chi connectivity index (χ0n) is 10.4. The lowest BCUT2D eigenvalue weighted by Crippen LogP contribution is -1.94. The van der Waals surface area contributed by atoms with Gasteiger partial charge in [0.15, 0.2) is 11.5 Å². The number of benzene rings is 1. The number of aromatic nitrogens is 1. The average molecular weight is 257 g/mol.